The molecule has 0 spiro atoms. The molecule has 8 heteroatoms. The lowest BCUT2D eigenvalue weighted by atomic mass is 10.1. The van der Waals surface area contributed by atoms with Crippen molar-refractivity contribution < 1.29 is 19.5 Å². The van der Waals surface area contributed by atoms with Gasteiger partial charge in [-0.1, -0.05) is 0 Å². The Bertz CT molecular complexity index is 700. The monoisotopic (exact) mass is 288 g/mol. The number of aromatic nitrogens is 2. The molecule has 1 aromatic heterocycles. The topological polar surface area (TPSA) is 126 Å². The maximum absolute atomic E-state index is 12.3. The second-order valence-corrected chi connectivity index (χ2v) is 4.28. The van der Waals surface area contributed by atoms with Crippen molar-refractivity contribution in [1.29, 1.82) is 0 Å². The fourth-order valence-electron chi connectivity index (χ4n) is 1.83. The van der Waals surface area contributed by atoms with Crippen LogP contribution in [-0.2, 0) is 9.59 Å². The Hall–Kier alpha value is -3.03. The number of hydrogen-bond donors (Lipinski definition) is 2. The number of carboxylic acid groups (broad SMARTS) is 1. The first-order valence-electron chi connectivity index (χ1n) is 5.97. The van der Waals surface area contributed by atoms with Crippen molar-refractivity contribution in [2.24, 2.45) is 5.73 Å². The van der Waals surface area contributed by atoms with Crippen molar-refractivity contribution in [1.82, 2.24) is 14.9 Å². The van der Waals surface area contributed by atoms with Crippen molar-refractivity contribution >= 4 is 28.8 Å². The molecule has 1 aromatic carbocycles. The van der Waals surface area contributed by atoms with Crippen LogP contribution in [0.15, 0.2) is 30.6 Å². The lowest BCUT2D eigenvalue weighted by Crippen LogP contribution is -2.41. The molecule has 2 aromatic rings. The van der Waals surface area contributed by atoms with Crippen LogP contribution >= 0.6 is 0 Å². The van der Waals surface area contributed by atoms with E-state index in [1.165, 1.54) is 24.5 Å². The Labute approximate surface area is 119 Å². The van der Waals surface area contributed by atoms with Gasteiger partial charge in [0, 0.05) is 18.0 Å². The van der Waals surface area contributed by atoms with Crippen molar-refractivity contribution in [2.45, 2.75) is 0 Å². The van der Waals surface area contributed by atoms with Gasteiger partial charge in [-0.15, -0.1) is 0 Å². The molecule has 1 heterocycles. The molecule has 8 nitrogen and oxygen atoms in total. The predicted molar refractivity (Wildman–Crippen MR) is 72.3 cm³/mol. The number of nitrogens with two attached hydrogens (primary N) is 1. The summed E-state index contributed by atoms with van der Waals surface area (Å²) >= 11 is 0. The summed E-state index contributed by atoms with van der Waals surface area (Å²) in [5.41, 5.74) is 6.34. The standard InChI is InChI=1S/C13H12N4O4/c14-11(18)6-17(7-12(19)20)13(21)8-1-2-9-10(5-8)16-4-3-15-9/h1-5H,6-7H2,(H2,14,18)(H,19,20). The second-order valence-electron chi connectivity index (χ2n) is 4.28. The third kappa shape index (κ3) is 3.50. The van der Waals surface area contributed by atoms with Gasteiger partial charge in [0.25, 0.3) is 5.91 Å². The molecule has 108 valence electrons. The average molecular weight is 288 g/mol. The van der Waals surface area contributed by atoms with Gasteiger partial charge in [0.2, 0.25) is 5.91 Å². The average Bonchev–Trinajstić information content (AvgIpc) is 2.44. The van der Waals surface area contributed by atoms with E-state index in [2.05, 4.69) is 9.97 Å². The third-order valence-electron chi connectivity index (χ3n) is 2.68. The number of fused-ring (bicyclic) bond motifs is 1. The number of carbonyl (C=O) groups is 3. The Morgan fingerprint density at radius 3 is 2.38 bits per heavy atom. The van der Waals surface area contributed by atoms with Crippen molar-refractivity contribution in [2.75, 3.05) is 13.1 Å². The molecule has 2 rings (SSSR count). The highest BCUT2D eigenvalue weighted by atomic mass is 16.4. The molecule has 0 aliphatic carbocycles. The van der Waals surface area contributed by atoms with E-state index in [9.17, 15) is 14.4 Å². The summed E-state index contributed by atoms with van der Waals surface area (Å²) in [6.07, 6.45) is 3.00. The van der Waals surface area contributed by atoms with Crippen molar-refractivity contribution in [3.63, 3.8) is 0 Å². The second kappa shape index (κ2) is 5.95. The molecule has 21 heavy (non-hydrogen) atoms. The number of primary amides is 1. The minimum absolute atomic E-state index is 0.213. The van der Waals surface area contributed by atoms with E-state index in [4.69, 9.17) is 10.8 Å². The van der Waals surface area contributed by atoms with Gasteiger partial charge in [0.1, 0.15) is 13.1 Å². The maximum atomic E-state index is 12.3. The lowest BCUT2D eigenvalue weighted by Gasteiger charge is -2.19. The number of aliphatic carboxylic acids is 1. The summed E-state index contributed by atoms with van der Waals surface area (Å²) in [6.45, 7) is -1.08. The Kier molecular flexibility index (Phi) is 4.07. The molecule has 0 radical (unpaired) electrons. The van der Waals surface area contributed by atoms with Gasteiger partial charge in [0.15, 0.2) is 0 Å². The summed E-state index contributed by atoms with van der Waals surface area (Å²) in [5.74, 6) is -2.63. The Morgan fingerprint density at radius 1 is 1.10 bits per heavy atom. The molecule has 0 unspecified atom stereocenters. The number of rotatable bonds is 5. The Balaban J connectivity index is 2.32. The molecule has 2 amide bonds. The zero-order chi connectivity index (χ0) is 15.4. The van der Waals surface area contributed by atoms with Gasteiger partial charge in [0.05, 0.1) is 11.0 Å². The van der Waals surface area contributed by atoms with E-state index >= 15 is 0 Å². The van der Waals surface area contributed by atoms with E-state index in [0.717, 1.165) is 4.90 Å². The fraction of sp³-hybridized carbons (Fsp3) is 0.154. The number of hydrogen-bond acceptors (Lipinski definition) is 5. The highest BCUT2D eigenvalue weighted by Gasteiger charge is 2.20. The molecule has 0 fully saturated rings. The van der Waals surface area contributed by atoms with Crippen LogP contribution in [0.4, 0.5) is 0 Å². The number of nitrogens with zero attached hydrogens (tertiary/aromatic N) is 3. The first kappa shape index (κ1) is 14.4. The SMILES string of the molecule is NC(=O)CN(CC(=O)O)C(=O)c1ccc2nccnc2c1. The van der Waals surface area contributed by atoms with Crippen LogP contribution in [0.2, 0.25) is 0 Å². The summed E-state index contributed by atoms with van der Waals surface area (Å²) in [6, 6.07) is 4.58. The zero-order valence-corrected chi connectivity index (χ0v) is 10.9. The van der Waals surface area contributed by atoms with E-state index in [1.807, 2.05) is 0 Å². The Morgan fingerprint density at radius 2 is 1.76 bits per heavy atom. The minimum atomic E-state index is -1.23. The van der Waals surface area contributed by atoms with Crippen LogP contribution < -0.4 is 5.73 Å². The molecule has 0 atom stereocenters. The largest absolute Gasteiger partial charge is 0.480 e. The first-order valence-corrected chi connectivity index (χ1v) is 5.97. The molecule has 0 saturated heterocycles. The summed E-state index contributed by atoms with van der Waals surface area (Å²) in [4.78, 5) is 43.0. The van der Waals surface area contributed by atoms with Gasteiger partial charge in [-0.3, -0.25) is 24.4 Å². The summed E-state index contributed by atoms with van der Waals surface area (Å²) in [7, 11) is 0. The van der Waals surface area contributed by atoms with Crippen LogP contribution in [0.25, 0.3) is 11.0 Å². The lowest BCUT2D eigenvalue weighted by molar-refractivity contribution is -0.138. The minimum Gasteiger partial charge on any atom is -0.480 e. The number of carboxylic acids is 1. The third-order valence-corrected chi connectivity index (χ3v) is 2.68. The van der Waals surface area contributed by atoms with E-state index in [0.29, 0.717) is 11.0 Å². The highest BCUT2D eigenvalue weighted by molar-refractivity contribution is 6.00. The smallest absolute Gasteiger partial charge is 0.323 e. The van der Waals surface area contributed by atoms with Gasteiger partial charge in [-0.25, -0.2) is 0 Å². The summed E-state index contributed by atoms with van der Waals surface area (Å²) in [5, 5.41) is 8.80. The zero-order valence-electron chi connectivity index (χ0n) is 10.9. The molecule has 0 aliphatic heterocycles. The van der Waals surface area contributed by atoms with E-state index in [-0.39, 0.29) is 5.56 Å². The van der Waals surface area contributed by atoms with Gasteiger partial charge >= 0.3 is 5.97 Å². The molecular formula is C13H12N4O4. The van der Waals surface area contributed by atoms with Crippen LogP contribution in [0.1, 0.15) is 10.4 Å². The van der Waals surface area contributed by atoms with E-state index in [1.54, 1.807) is 6.07 Å². The molecule has 0 bridgehead atoms. The predicted octanol–water partition coefficient (Wildman–Crippen LogP) is -0.358. The number of amides is 2. The highest BCUT2D eigenvalue weighted by Crippen LogP contribution is 2.13. The number of benzene rings is 1. The van der Waals surface area contributed by atoms with Gasteiger partial charge in [-0.05, 0) is 18.2 Å². The first-order chi connectivity index (χ1) is 9.97. The molecule has 3 N–H and O–H groups in total. The molecular weight excluding hydrogens is 276 g/mol. The van der Waals surface area contributed by atoms with Crippen LogP contribution in [0, 0.1) is 0 Å². The van der Waals surface area contributed by atoms with Gasteiger partial charge in [-0.2, -0.15) is 0 Å². The fourth-order valence-corrected chi connectivity index (χ4v) is 1.83. The maximum Gasteiger partial charge on any atom is 0.323 e. The van der Waals surface area contributed by atoms with Crippen molar-refractivity contribution in [3.8, 4) is 0 Å². The normalized spacial score (nSPS) is 10.3. The van der Waals surface area contributed by atoms with Crippen LogP contribution in [0.5, 0.6) is 0 Å². The molecule has 0 saturated carbocycles. The van der Waals surface area contributed by atoms with Crippen LogP contribution in [-0.4, -0.2) is 50.8 Å². The number of carbonyl (C=O) groups excluding carboxylic acids is 2. The van der Waals surface area contributed by atoms with Gasteiger partial charge < -0.3 is 15.7 Å². The quantitative estimate of drug-likeness (QED) is 0.773. The van der Waals surface area contributed by atoms with E-state index < -0.39 is 30.9 Å². The van der Waals surface area contributed by atoms with Crippen LogP contribution in [0.3, 0.4) is 0 Å². The molecule has 0 aliphatic rings. The summed E-state index contributed by atoms with van der Waals surface area (Å²) < 4.78 is 0. The van der Waals surface area contributed by atoms with Crippen molar-refractivity contribution in [3.05, 3.63) is 36.2 Å².